The van der Waals surface area contributed by atoms with Crippen LogP contribution < -0.4 is 5.73 Å². The first kappa shape index (κ1) is 13.1. The van der Waals surface area contributed by atoms with Crippen molar-refractivity contribution >= 4 is 17.4 Å². The second-order valence-electron chi connectivity index (χ2n) is 4.17. The lowest BCUT2D eigenvalue weighted by Crippen LogP contribution is -1.98. The number of nitrogen functional groups attached to an aromatic ring is 1. The highest BCUT2D eigenvalue weighted by atomic mass is 32.2. The smallest absolute Gasteiger partial charge is 0.218 e. The highest BCUT2D eigenvalue weighted by Gasteiger charge is 2.10. The van der Waals surface area contributed by atoms with Gasteiger partial charge in [-0.2, -0.15) is 9.94 Å². The minimum atomic E-state index is 0.443. The van der Waals surface area contributed by atoms with Crippen LogP contribution in [-0.2, 0) is 0 Å². The summed E-state index contributed by atoms with van der Waals surface area (Å²) < 4.78 is 1.65. The fourth-order valence-electron chi connectivity index (χ4n) is 1.77. The topological polar surface area (TPSA) is 93.4 Å². The number of hydrogen-bond donors (Lipinski definition) is 1. The molecule has 0 radical (unpaired) electrons. The molecule has 0 unspecified atom stereocenters. The van der Waals surface area contributed by atoms with Crippen LogP contribution in [0.5, 0.6) is 0 Å². The molecule has 6 nitrogen and oxygen atoms in total. The molecule has 1 aromatic heterocycles. The lowest BCUT2D eigenvalue weighted by atomic mass is 10.2. The van der Waals surface area contributed by atoms with E-state index in [1.165, 1.54) is 11.8 Å². The van der Waals surface area contributed by atoms with E-state index < -0.39 is 0 Å². The first-order chi connectivity index (χ1) is 10.3. The number of tetrazole rings is 1. The molecule has 0 spiro atoms. The number of para-hydroxylation sites is 1. The van der Waals surface area contributed by atoms with Crippen molar-refractivity contribution in [2.75, 3.05) is 5.73 Å². The van der Waals surface area contributed by atoms with Crippen LogP contribution in [0.2, 0.25) is 0 Å². The Bertz CT molecular complexity index is 806. The third-order valence-electron chi connectivity index (χ3n) is 2.80. The van der Waals surface area contributed by atoms with Crippen LogP contribution in [0, 0.1) is 11.3 Å². The van der Waals surface area contributed by atoms with Gasteiger partial charge in [-0.05, 0) is 52.5 Å². The third-order valence-corrected chi connectivity index (χ3v) is 3.72. The van der Waals surface area contributed by atoms with E-state index in [1.54, 1.807) is 16.8 Å². The van der Waals surface area contributed by atoms with Crippen LogP contribution in [0.3, 0.4) is 0 Å². The average molecular weight is 294 g/mol. The Labute approximate surface area is 125 Å². The van der Waals surface area contributed by atoms with Crippen LogP contribution in [0.1, 0.15) is 5.56 Å². The third kappa shape index (κ3) is 2.70. The van der Waals surface area contributed by atoms with Gasteiger partial charge in [0.1, 0.15) is 6.07 Å². The number of rotatable bonds is 3. The molecule has 0 bridgehead atoms. The van der Waals surface area contributed by atoms with Crippen molar-refractivity contribution in [3.63, 3.8) is 0 Å². The van der Waals surface area contributed by atoms with Crippen molar-refractivity contribution in [2.45, 2.75) is 10.1 Å². The van der Waals surface area contributed by atoms with Gasteiger partial charge < -0.3 is 5.73 Å². The molecule has 1 heterocycles. The minimum Gasteiger partial charge on any atom is -0.398 e. The van der Waals surface area contributed by atoms with Crippen molar-refractivity contribution < 1.29 is 0 Å². The fourth-order valence-corrected chi connectivity index (χ4v) is 2.60. The van der Waals surface area contributed by atoms with Gasteiger partial charge in [0.15, 0.2) is 0 Å². The van der Waals surface area contributed by atoms with E-state index in [-0.39, 0.29) is 0 Å². The van der Waals surface area contributed by atoms with Gasteiger partial charge in [-0.15, -0.1) is 5.10 Å². The standard InChI is InChI=1S/C14H10N6S/c15-9-10-8-12(6-7-13(10)16)21-14-17-18-19-20(14)11-4-2-1-3-5-11/h1-8H,16H2. The summed E-state index contributed by atoms with van der Waals surface area (Å²) in [5, 5.41) is 21.3. The maximum atomic E-state index is 9.02. The first-order valence-corrected chi connectivity index (χ1v) is 6.91. The summed E-state index contributed by atoms with van der Waals surface area (Å²) in [6, 6.07) is 16.9. The second-order valence-corrected chi connectivity index (χ2v) is 5.21. The van der Waals surface area contributed by atoms with Crippen LogP contribution in [0.15, 0.2) is 58.6 Å². The molecule has 2 aromatic carbocycles. The molecule has 2 N–H and O–H groups in total. The average Bonchev–Trinajstić information content (AvgIpc) is 2.98. The number of anilines is 1. The van der Waals surface area contributed by atoms with Crippen molar-refractivity contribution in [3.05, 3.63) is 54.1 Å². The summed E-state index contributed by atoms with van der Waals surface area (Å²) in [7, 11) is 0. The molecule has 7 heteroatoms. The molecule has 0 saturated heterocycles. The fraction of sp³-hybridized carbons (Fsp3) is 0. The predicted octanol–water partition coefficient (Wildman–Crippen LogP) is 2.27. The molecule has 0 atom stereocenters. The molecule has 102 valence electrons. The lowest BCUT2D eigenvalue weighted by Gasteiger charge is -2.05. The molecular formula is C14H10N6S. The first-order valence-electron chi connectivity index (χ1n) is 6.09. The van der Waals surface area contributed by atoms with Crippen LogP contribution in [-0.4, -0.2) is 20.2 Å². The molecule has 0 aliphatic carbocycles. The van der Waals surface area contributed by atoms with E-state index in [1.807, 2.05) is 36.4 Å². The number of aromatic nitrogens is 4. The van der Waals surface area contributed by atoms with E-state index in [4.69, 9.17) is 11.0 Å². The molecule has 0 aliphatic heterocycles. The van der Waals surface area contributed by atoms with Gasteiger partial charge in [0.05, 0.1) is 11.3 Å². The van der Waals surface area contributed by atoms with E-state index in [9.17, 15) is 0 Å². The molecular weight excluding hydrogens is 284 g/mol. The van der Waals surface area contributed by atoms with Gasteiger partial charge >= 0.3 is 0 Å². The highest BCUT2D eigenvalue weighted by Crippen LogP contribution is 2.29. The van der Waals surface area contributed by atoms with Crippen molar-refractivity contribution in [1.82, 2.24) is 20.2 Å². The van der Waals surface area contributed by atoms with Crippen LogP contribution >= 0.6 is 11.8 Å². The van der Waals surface area contributed by atoms with E-state index in [2.05, 4.69) is 21.6 Å². The molecule has 0 aliphatic rings. The number of benzene rings is 2. The zero-order valence-electron chi connectivity index (χ0n) is 10.8. The maximum Gasteiger partial charge on any atom is 0.218 e. The summed E-state index contributed by atoms with van der Waals surface area (Å²) in [6.07, 6.45) is 0. The molecule has 3 aromatic rings. The number of nitrogens with zero attached hydrogens (tertiary/aromatic N) is 5. The van der Waals surface area contributed by atoms with Crippen molar-refractivity contribution in [1.29, 1.82) is 5.26 Å². The number of nitrogens with two attached hydrogens (primary N) is 1. The molecule has 0 saturated carbocycles. The van der Waals surface area contributed by atoms with Gasteiger partial charge in [0.25, 0.3) is 0 Å². The van der Waals surface area contributed by atoms with Crippen molar-refractivity contribution in [3.8, 4) is 11.8 Å². The Morgan fingerprint density at radius 3 is 2.71 bits per heavy atom. The van der Waals surface area contributed by atoms with Gasteiger partial charge in [0, 0.05) is 10.6 Å². The Balaban J connectivity index is 1.94. The summed E-state index contributed by atoms with van der Waals surface area (Å²) in [5.41, 5.74) is 7.50. The minimum absolute atomic E-state index is 0.443. The normalized spacial score (nSPS) is 10.2. The van der Waals surface area contributed by atoms with Crippen molar-refractivity contribution in [2.24, 2.45) is 0 Å². The SMILES string of the molecule is N#Cc1cc(Sc2nnnn2-c2ccccc2)ccc1N. The summed E-state index contributed by atoms with van der Waals surface area (Å²) in [6.45, 7) is 0. The number of hydrogen-bond acceptors (Lipinski definition) is 6. The molecule has 3 rings (SSSR count). The lowest BCUT2D eigenvalue weighted by molar-refractivity contribution is 0.756. The van der Waals surface area contributed by atoms with Gasteiger partial charge in [-0.1, -0.05) is 18.2 Å². The summed E-state index contributed by atoms with van der Waals surface area (Å²) >= 11 is 1.37. The highest BCUT2D eigenvalue weighted by molar-refractivity contribution is 7.99. The van der Waals surface area contributed by atoms with Crippen LogP contribution in [0.25, 0.3) is 5.69 Å². The quantitative estimate of drug-likeness (QED) is 0.745. The summed E-state index contributed by atoms with van der Waals surface area (Å²) in [5.74, 6) is 0. The Hall–Kier alpha value is -2.85. The Kier molecular flexibility index (Phi) is 3.53. The van der Waals surface area contributed by atoms with E-state index in [0.29, 0.717) is 16.4 Å². The zero-order valence-corrected chi connectivity index (χ0v) is 11.7. The van der Waals surface area contributed by atoms with Crippen LogP contribution in [0.4, 0.5) is 5.69 Å². The second kappa shape index (κ2) is 5.64. The Morgan fingerprint density at radius 1 is 1.14 bits per heavy atom. The van der Waals surface area contributed by atoms with Gasteiger partial charge in [-0.25, -0.2) is 0 Å². The monoisotopic (exact) mass is 294 g/mol. The summed E-state index contributed by atoms with van der Waals surface area (Å²) in [4.78, 5) is 0.854. The van der Waals surface area contributed by atoms with E-state index in [0.717, 1.165) is 10.6 Å². The largest absolute Gasteiger partial charge is 0.398 e. The Morgan fingerprint density at radius 2 is 1.95 bits per heavy atom. The van der Waals surface area contributed by atoms with E-state index >= 15 is 0 Å². The zero-order chi connectivity index (χ0) is 14.7. The van der Waals surface area contributed by atoms with Gasteiger partial charge in [0.2, 0.25) is 5.16 Å². The molecule has 21 heavy (non-hydrogen) atoms. The molecule has 0 amide bonds. The maximum absolute atomic E-state index is 9.02. The van der Waals surface area contributed by atoms with Gasteiger partial charge in [-0.3, -0.25) is 0 Å². The number of nitriles is 1. The predicted molar refractivity (Wildman–Crippen MR) is 78.8 cm³/mol. The molecule has 0 fully saturated rings.